The highest BCUT2D eigenvalue weighted by atomic mass is 32.2. The molecule has 2 aliphatic heterocycles. The summed E-state index contributed by atoms with van der Waals surface area (Å²) >= 11 is 0. The van der Waals surface area contributed by atoms with E-state index in [1.165, 1.54) is 31.6 Å². The molecule has 4 aromatic rings. The molecule has 15 heteroatoms. The third-order valence-electron chi connectivity index (χ3n) is 9.83. The second-order valence-corrected chi connectivity index (χ2v) is 14.7. The zero-order valence-electron chi connectivity index (χ0n) is 29.8. The molecule has 0 bridgehead atoms. The summed E-state index contributed by atoms with van der Waals surface area (Å²) in [7, 11) is -1.70. The number of methoxy groups -OCH3 is 2. The van der Waals surface area contributed by atoms with E-state index in [2.05, 4.69) is 38.0 Å². The van der Waals surface area contributed by atoms with Crippen molar-refractivity contribution < 1.29 is 45.1 Å². The third-order valence-corrected chi connectivity index (χ3v) is 11.3. The fourth-order valence-corrected chi connectivity index (χ4v) is 8.39. The van der Waals surface area contributed by atoms with Gasteiger partial charge in [0.1, 0.15) is 10.7 Å². The number of carbonyl (C=O) groups excluding carboxylic acids is 2. The molecule has 2 unspecified atom stereocenters. The van der Waals surface area contributed by atoms with Gasteiger partial charge in [-0.15, -0.1) is 0 Å². The van der Waals surface area contributed by atoms with Crippen LogP contribution < -0.4 is 19.1 Å². The Bertz CT molecular complexity index is 2080. The van der Waals surface area contributed by atoms with Crippen molar-refractivity contribution in [3.05, 3.63) is 107 Å². The summed E-state index contributed by atoms with van der Waals surface area (Å²) in [5, 5.41) is 0. The van der Waals surface area contributed by atoms with Gasteiger partial charge >= 0.3 is 6.18 Å². The van der Waals surface area contributed by atoms with Crippen molar-refractivity contribution in [1.82, 2.24) is 14.5 Å². The lowest BCUT2D eigenvalue weighted by Gasteiger charge is -2.39. The highest BCUT2D eigenvalue weighted by molar-refractivity contribution is 7.89. The van der Waals surface area contributed by atoms with Crippen LogP contribution in [0.25, 0.3) is 0 Å². The van der Waals surface area contributed by atoms with Crippen molar-refractivity contribution >= 4 is 27.5 Å². The molecule has 2 atom stereocenters. The van der Waals surface area contributed by atoms with Crippen LogP contribution in [-0.2, 0) is 16.2 Å². The molecule has 1 N–H and O–H groups in total. The fourth-order valence-electron chi connectivity index (χ4n) is 7.10. The average Bonchev–Trinajstić information content (AvgIpc) is 3.69. The number of anilines is 1. The molecule has 1 saturated heterocycles. The van der Waals surface area contributed by atoms with Crippen molar-refractivity contribution in [2.75, 3.05) is 51.8 Å². The maximum absolute atomic E-state index is 14.4. The van der Waals surface area contributed by atoms with Gasteiger partial charge < -0.3 is 18.8 Å². The Hall–Kier alpha value is -4.86. The molecule has 6 rings (SSSR count). The van der Waals surface area contributed by atoms with Gasteiger partial charge in [0.15, 0.2) is 11.5 Å². The minimum Gasteiger partial charge on any atom is -0.493 e. The Morgan fingerprint density at radius 3 is 2.23 bits per heavy atom. The maximum atomic E-state index is 14.4. The summed E-state index contributed by atoms with van der Waals surface area (Å²) in [6.07, 6.45) is -4.89. The fraction of sp³-hybridized carbons (Fsp3) is 0.368. The number of benzene rings is 3. The zero-order chi connectivity index (χ0) is 38.1. The number of sulfonamides is 1. The normalized spacial score (nSPS) is 16.5. The standard InChI is InChI=1S/C38H41F3N4O7S/c1-24-22-33(35(52-24)38(39,40)41)53(48,49)42-17-9-14-29(27-15-16-31(50-3)32(23-27)51-4)45-36(46)28-12-8-13-30(34(28)37(45)47)44-20-18-43(19-21-44)25(2)26-10-6-5-7-11-26/h5-8,10-13,15-16,22-23,25,29,42H,9,14,17-21H2,1-4H3. The molecule has 11 nitrogen and oxygen atoms in total. The number of amides is 2. The van der Waals surface area contributed by atoms with Crippen LogP contribution in [0.2, 0.25) is 0 Å². The van der Waals surface area contributed by atoms with Crippen molar-refractivity contribution in [3.63, 3.8) is 0 Å². The number of halogens is 3. The van der Waals surface area contributed by atoms with E-state index in [1.807, 2.05) is 24.3 Å². The number of imide groups is 1. The molecule has 53 heavy (non-hydrogen) atoms. The van der Waals surface area contributed by atoms with E-state index in [-0.39, 0.29) is 36.8 Å². The third kappa shape index (κ3) is 7.64. The molecular formula is C38H41F3N4O7S. The number of fused-ring (bicyclic) bond motifs is 1. The largest absolute Gasteiger partial charge is 0.493 e. The van der Waals surface area contributed by atoms with Crippen LogP contribution in [0.15, 0.2) is 82.1 Å². The SMILES string of the molecule is COc1ccc(C(CCCNS(=O)(=O)c2cc(C)oc2C(F)(F)F)N2C(=O)c3cccc(N4CCN(C(C)c5ccccc5)CC4)c3C2=O)cc1OC. The topological polar surface area (TPSA) is 122 Å². The summed E-state index contributed by atoms with van der Waals surface area (Å²) in [6, 6.07) is 20.6. The van der Waals surface area contributed by atoms with Crippen LogP contribution in [0.1, 0.15) is 75.2 Å². The number of hydrogen-bond acceptors (Lipinski definition) is 9. The summed E-state index contributed by atoms with van der Waals surface area (Å²) in [5.41, 5.74) is 2.95. The van der Waals surface area contributed by atoms with Crippen molar-refractivity contribution in [3.8, 4) is 11.5 Å². The Kier molecular flexibility index (Phi) is 10.9. The summed E-state index contributed by atoms with van der Waals surface area (Å²) < 4.78 is 84.3. The summed E-state index contributed by atoms with van der Waals surface area (Å²) in [4.78, 5) is 33.2. The first kappa shape index (κ1) is 37.9. The van der Waals surface area contributed by atoms with Crippen LogP contribution in [0, 0.1) is 6.92 Å². The van der Waals surface area contributed by atoms with Crippen LogP contribution in [0.5, 0.6) is 11.5 Å². The lowest BCUT2D eigenvalue weighted by atomic mass is 9.99. The molecule has 1 aromatic heterocycles. The van der Waals surface area contributed by atoms with Crippen molar-refractivity contribution in [2.45, 2.75) is 49.8 Å². The van der Waals surface area contributed by atoms with Gasteiger partial charge in [-0.3, -0.25) is 19.4 Å². The van der Waals surface area contributed by atoms with Gasteiger partial charge in [0.25, 0.3) is 11.8 Å². The molecule has 0 saturated carbocycles. The predicted molar refractivity (Wildman–Crippen MR) is 191 cm³/mol. The number of carbonyl (C=O) groups is 2. The molecule has 0 spiro atoms. The van der Waals surface area contributed by atoms with E-state index >= 15 is 0 Å². The van der Waals surface area contributed by atoms with Gasteiger partial charge in [-0.05, 0) is 62.1 Å². The number of nitrogens with zero attached hydrogens (tertiary/aromatic N) is 3. The molecule has 2 amide bonds. The lowest BCUT2D eigenvalue weighted by molar-refractivity contribution is -0.155. The van der Waals surface area contributed by atoms with Gasteiger partial charge in [-0.1, -0.05) is 42.5 Å². The highest BCUT2D eigenvalue weighted by Crippen LogP contribution is 2.41. The average molecular weight is 755 g/mol. The second kappa shape index (κ2) is 15.2. The van der Waals surface area contributed by atoms with Crippen molar-refractivity contribution in [2.24, 2.45) is 0 Å². The van der Waals surface area contributed by atoms with E-state index in [4.69, 9.17) is 9.47 Å². The quantitative estimate of drug-likeness (QED) is 0.119. The lowest BCUT2D eigenvalue weighted by Crippen LogP contribution is -2.47. The molecule has 0 radical (unpaired) electrons. The highest BCUT2D eigenvalue weighted by Gasteiger charge is 2.44. The first-order valence-electron chi connectivity index (χ1n) is 17.2. The first-order valence-corrected chi connectivity index (χ1v) is 18.7. The van der Waals surface area contributed by atoms with Gasteiger partial charge in [0.2, 0.25) is 15.8 Å². The Balaban J connectivity index is 1.24. The number of furan rings is 1. The number of nitrogens with one attached hydrogen (secondary N) is 1. The molecular weight excluding hydrogens is 713 g/mol. The Morgan fingerprint density at radius 2 is 1.57 bits per heavy atom. The predicted octanol–water partition coefficient (Wildman–Crippen LogP) is 6.60. The second-order valence-electron chi connectivity index (χ2n) is 13.0. The van der Waals surface area contributed by atoms with Crippen LogP contribution >= 0.6 is 0 Å². The molecule has 3 heterocycles. The van der Waals surface area contributed by atoms with E-state index in [9.17, 15) is 31.2 Å². The number of aryl methyl sites for hydroxylation is 1. The van der Waals surface area contributed by atoms with Crippen molar-refractivity contribution in [1.29, 1.82) is 0 Å². The Labute approximate surface area is 306 Å². The first-order chi connectivity index (χ1) is 25.2. The molecule has 1 fully saturated rings. The van der Waals surface area contributed by atoms with Gasteiger partial charge in [-0.25, -0.2) is 13.1 Å². The van der Waals surface area contributed by atoms with Crippen LogP contribution in [0.4, 0.5) is 18.9 Å². The summed E-state index contributed by atoms with van der Waals surface area (Å²) in [6.45, 7) is 5.89. The molecule has 3 aromatic carbocycles. The number of piperazine rings is 1. The summed E-state index contributed by atoms with van der Waals surface area (Å²) in [5.74, 6) is -2.05. The van der Waals surface area contributed by atoms with Gasteiger partial charge in [0.05, 0.1) is 37.1 Å². The van der Waals surface area contributed by atoms with Crippen LogP contribution in [-0.4, -0.2) is 77.0 Å². The van der Waals surface area contributed by atoms with E-state index in [0.717, 1.165) is 19.2 Å². The number of ether oxygens (including phenoxy) is 2. The minimum absolute atomic E-state index is 0.0538. The minimum atomic E-state index is -5.02. The molecule has 0 aliphatic carbocycles. The molecule has 282 valence electrons. The number of rotatable bonds is 13. The Morgan fingerprint density at radius 1 is 0.868 bits per heavy atom. The zero-order valence-corrected chi connectivity index (χ0v) is 30.6. The van der Waals surface area contributed by atoms with Gasteiger partial charge in [0, 0.05) is 44.8 Å². The monoisotopic (exact) mass is 754 g/mol. The number of hydrogen-bond donors (Lipinski definition) is 1. The van der Waals surface area contributed by atoms with Gasteiger partial charge in [-0.2, -0.15) is 13.2 Å². The number of alkyl halides is 3. The van der Waals surface area contributed by atoms with Crippen LogP contribution in [0.3, 0.4) is 0 Å². The van der Waals surface area contributed by atoms with E-state index in [0.29, 0.717) is 41.4 Å². The maximum Gasteiger partial charge on any atom is 0.450 e. The van der Waals surface area contributed by atoms with E-state index in [1.54, 1.807) is 30.3 Å². The smallest absolute Gasteiger partial charge is 0.450 e. The molecule has 2 aliphatic rings. The van der Waals surface area contributed by atoms with E-state index < -0.39 is 44.7 Å².